The van der Waals surface area contributed by atoms with Crippen LogP contribution in [0.15, 0.2) is 27.8 Å². The maximum atomic E-state index is 12.2. The molecule has 1 amide bonds. The van der Waals surface area contributed by atoms with E-state index in [4.69, 9.17) is 4.74 Å². The number of carbonyl (C=O) groups excluding carboxylic acids is 1. The fraction of sp³-hybridized carbons (Fsp3) is 0.357. The lowest BCUT2D eigenvalue weighted by Gasteiger charge is -2.22. The summed E-state index contributed by atoms with van der Waals surface area (Å²) in [6.07, 6.45) is 1.95. The highest BCUT2D eigenvalue weighted by Crippen LogP contribution is 2.34. The summed E-state index contributed by atoms with van der Waals surface area (Å²) >= 11 is 2.80. The summed E-state index contributed by atoms with van der Waals surface area (Å²) in [5.41, 5.74) is 1.24. The molecule has 1 N–H and O–H groups in total. The predicted octanol–water partition coefficient (Wildman–Crippen LogP) is 2.86. The number of carbonyl (C=O) groups is 1. The van der Waals surface area contributed by atoms with Crippen LogP contribution in [0.25, 0.3) is 0 Å². The zero-order valence-corrected chi connectivity index (χ0v) is 14.3. The summed E-state index contributed by atoms with van der Waals surface area (Å²) in [5, 5.41) is 6.72. The van der Waals surface area contributed by atoms with Crippen LogP contribution >= 0.6 is 22.7 Å². The molecule has 118 valence electrons. The Bertz CT molecular complexity index is 791. The van der Waals surface area contributed by atoms with Gasteiger partial charge in [-0.05, 0) is 34.9 Å². The second-order valence-electron chi connectivity index (χ2n) is 5.06. The average molecular weight is 357 g/mol. The lowest BCUT2D eigenvalue weighted by Crippen LogP contribution is -2.21. The molecule has 0 saturated heterocycles. The molecule has 0 bridgehead atoms. The highest BCUT2D eigenvalue weighted by atomic mass is 32.2. The number of hydrogen-bond acceptors (Lipinski definition) is 6. The minimum absolute atomic E-state index is 0.159. The first kappa shape index (κ1) is 15.7. The van der Waals surface area contributed by atoms with Gasteiger partial charge in [-0.15, -0.1) is 22.7 Å². The van der Waals surface area contributed by atoms with E-state index < -0.39 is 9.84 Å². The molecule has 1 aliphatic rings. The van der Waals surface area contributed by atoms with Crippen molar-refractivity contribution in [2.45, 2.75) is 23.8 Å². The largest absolute Gasteiger partial charge is 0.372 e. The van der Waals surface area contributed by atoms with Crippen molar-refractivity contribution < 1.29 is 17.9 Å². The smallest absolute Gasteiger partial charge is 0.228 e. The van der Waals surface area contributed by atoms with Crippen molar-refractivity contribution in [3.63, 3.8) is 0 Å². The van der Waals surface area contributed by atoms with Crippen molar-refractivity contribution in [1.82, 2.24) is 0 Å². The van der Waals surface area contributed by atoms with Crippen LogP contribution in [0.3, 0.4) is 0 Å². The third-order valence-electron chi connectivity index (χ3n) is 3.42. The van der Waals surface area contributed by atoms with Gasteiger partial charge in [0.2, 0.25) is 5.91 Å². The van der Waals surface area contributed by atoms with Gasteiger partial charge < -0.3 is 10.1 Å². The van der Waals surface area contributed by atoms with E-state index in [0.29, 0.717) is 11.6 Å². The number of sulfone groups is 1. The fourth-order valence-electron chi connectivity index (χ4n) is 2.40. The number of rotatable bonds is 4. The van der Waals surface area contributed by atoms with Crippen LogP contribution in [0.5, 0.6) is 0 Å². The van der Waals surface area contributed by atoms with Crippen molar-refractivity contribution in [1.29, 1.82) is 0 Å². The van der Waals surface area contributed by atoms with Crippen molar-refractivity contribution in [2.75, 3.05) is 18.2 Å². The van der Waals surface area contributed by atoms with Gasteiger partial charge in [0.1, 0.15) is 16.0 Å². The van der Waals surface area contributed by atoms with E-state index in [2.05, 4.69) is 11.4 Å². The molecule has 3 heterocycles. The molecule has 22 heavy (non-hydrogen) atoms. The van der Waals surface area contributed by atoms with Gasteiger partial charge in [-0.2, -0.15) is 0 Å². The Labute approximate surface area is 136 Å². The SMILES string of the molecule is CS(=O)(=O)c1ccsc1NC(=O)C[C@@H]1OCCc2ccsc21. The van der Waals surface area contributed by atoms with Gasteiger partial charge in [-0.1, -0.05) is 0 Å². The summed E-state index contributed by atoms with van der Waals surface area (Å²) in [6, 6.07) is 3.57. The number of anilines is 1. The molecular weight excluding hydrogens is 342 g/mol. The highest BCUT2D eigenvalue weighted by Gasteiger charge is 2.25. The lowest BCUT2D eigenvalue weighted by atomic mass is 10.1. The minimum Gasteiger partial charge on any atom is -0.372 e. The average Bonchev–Trinajstić information content (AvgIpc) is 3.06. The van der Waals surface area contributed by atoms with Gasteiger partial charge >= 0.3 is 0 Å². The minimum atomic E-state index is -3.34. The Kier molecular flexibility index (Phi) is 4.35. The highest BCUT2D eigenvalue weighted by molar-refractivity contribution is 7.91. The van der Waals surface area contributed by atoms with Crippen LogP contribution in [0, 0.1) is 0 Å². The maximum absolute atomic E-state index is 12.2. The predicted molar refractivity (Wildman–Crippen MR) is 87.4 cm³/mol. The summed E-state index contributed by atoms with van der Waals surface area (Å²) in [5.74, 6) is -0.237. The van der Waals surface area contributed by atoms with E-state index >= 15 is 0 Å². The third-order valence-corrected chi connectivity index (χ3v) is 6.57. The maximum Gasteiger partial charge on any atom is 0.228 e. The summed E-state index contributed by atoms with van der Waals surface area (Å²) in [7, 11) is -3.34. The quantitative estimate of drug-likeness (QED) is 0.913. The van der Waals surface area contributed by atoms with E-state index in [9.17, 15) is 13.2 Å². The molecule has 0 fully saturated rings. The molecule has 0 radical (unpaired) electrons. The molecule has 0 aromatic carbocycles. The Hall–Kier alpha value is -1.22. The van der Waals surface area contributed by atoms with Crippen LogP contribution in [-0.4, -0.2) is 27.2 Å². The topological polar surface area (TPSA) is 72.5 Å². The molecule has 5 nitrogen and oxygen atoms in total. The zero-order chi connectivity index (χ0) is 15.7. The molecule has 1 atom stereocenters. The van der Waals surface area contributed by atoms with Gasteiger partial charge in [0.25, 0.3) is 0 Å². The Morgan fingerprint density at radius 3 is 2.91 bits per heavy atom. The number of fused-ring (bicyclic) bond motifs is 1. The van der Waals surface area contributed by atoms with Gasteiger partial charge in [-0.25, -0.2) is 8.42 Å². The Balaban J connectivity index is 1.71. The fourth-order valence-corrected chi connectivity index (χ4v) is 5.49. The van der Waals surface area contributed by atoms with Gasteiger partial charge in [-0.3, -0.25) is 4.79 Å². The standard InChI is InChI=1S/C14H15NO4S3/c1-22(17,18)11-4-7-21-14(11)15-12(16)8-10-13-9(2-5-19-10)3-6-20-13/h3-4,6-7,10H,2,5,8H2,1H3,(H,15,16)/t10-/m0/s1. The molecule has 0 spiro atoms. The Morgan fingerprint density at radius 1 is 1.36 bits per heavy atom. The zero-order valence-electron chi connectivity index (χ0n) is 11.9. The van der Waals surface area contributed by atoms with E-state index in [1.807, 2.05) is 5.38 Å². The van der Waals surface area contributed by atoms with Crippen LogP contribution in [-0.2, 0) is 25.8 Å². The molecular formula is C14H15NO4S3. The summed E-state index contributed by atoms with van der Waals surface area (Å²) in [6.45, 7) is 0.606. The van der Waals surface area contributed by atoms with Crippen molar-refractivity contribution >= 4 is 43.4 Å². The number of ether oxygens (including phenoxy) is 1. The van der Waals surface area contributed by atoms with Gasteiger partial charge in [0, 0.05) is 11.1 Å². The normalized spacial score (nSPS) is 18.0. The monoisotopic (exact) mass is 357 g/mol. The van der Waals surface area contributed by atoms with Crippen molar-refractivity contribution in [2.24, 2.45) is 0 Å². The molecule has 2 aromatic rings. The molecule has 3 rings (SSSR count). The molecule has 0 unspecified atom stereocenters. The molecule has 1 aliphatic heterocycles. The first-order valence-electron chi connectivity index (χ1n) is 6.70. The number of hydrogen-bond donors (Lipinski definition) is 1. The van der Waals surface area contributed by atoms with Crippen LogP contribution in [0.2, 0.25) is 0 Å². The Morgan fingerprint density at radius 2 is 2.14 bits per heavy atom. The lowest BCUT2D eigenvalue weighted by molar-refractivity contribution is -0.119. The number of thiophene rings is 2. The van der Waals surface area contributed by atoms with Crippen LogP contribution in [0.4, 0.5) is 5.00 Å². The summed E-state index contributed by atoms with van der Waals surface area (Å²) in [4.78, 5) is 13.5. The van der Waals surface area contributed by atoms with Crippen LogP contribution < -0.4 is 5.32 Å². The van der Waals surface area contributed by atoms with E-state index in [-0.39, 0.29) is 23.3 Å². The first-order chi connectivity index (χ1) is 10.4. The molecule has 0 aliphatic carbocycles. The van der Waals surface area contributed by atoms with E-state index in [1.54, 1.807) is 16.7 Å². The van der Waals surface area contributed by atoms with Gasteiger partial charge in [0.05, 0.1) is 13.0 Å². The first-order valence-corrected chi connectivity index (χ1v) is 10.4. The summed E-state index contributed by atoms with van der Waals surface area (Å²) < 4.78 is 29.0. The van der Waals surface area contributed by atoms with Crippen molar-refractivity contribution in [3.05, 3.63) is 33.3 Å². The van der Waals surface area contributed by atoms with Gasteiger partial charge in [0.15, 0.2) is 9.84 Å². The van der Waals surface area contributed by atoms with Crippen LogP contribution in [0.1, 0.15) is 23.0 Å². The van der Waals surface area contributed by atoms with E-state index in [0.717, 1.165) is 17.6 Å². The second-order valence-corrected chi connectivity index (χ2v) is 8.91. The second kappa shape index (κ2) is 6.11. The number of nitrogens with one attached hydrogen (secondary N) is 1. The molecule has 2 aromatic heterocycles. The molecule has 0 saturated carbocycles. The van der Waals surface area contributed by atoms with E-state index in [1.165, 1.54) is 23.0 Å². The van der Waals surface area contributed by atoms with Crippen molar-refractivity contribution in [3.8, 4) is 0 Å². The third kappa shape index (κ3) is 3.24. The molecule has 8 heteroatoms. The number of amides is 1.